The third-order valence-electron chi connectivity index (χ3n) is 1.77. The molecule has 0 radical (unpaired) electrons. The lowest BCUT2D eigenvalue weighted by Gasteiger charge is -2.24. The highest BCUT2D eigenvalue weighted by Gasteiger charge is 2.22. The molecule has 0 spiro atoms. The van der Waals surface area contributed by atoms with E-state index in [4.69, 9.17) is 25.4 Å². The van der Waals surface area contributed by atoms with E-state index in [1.165, 1.54) is 0 Å². The molecule has 8 heteroatoms. The molecule has 0 aliphatic carbocycles. The monoisotopic (exact) mass is 321 g/mol. The third-order valence-corrected chi connectivity index (χ3v) is 1.77. The second kappa shape index (κ2) is 9.24. The number of aliphatic carboxylic acids is 2. The van der Waals surface area contributed by atoms with Crippen molar-refractivity contribution in [1.82, 2.24) is 0 Å². The minimum absolute atomic E-state index is 0.0231. The van der Waals surface area contributed by atoms with E-state index in [1.807, 2.05) is 0 Å². The minimum Gasteiger partial charge on any atom is -0.481 e. The average molecular weight is 321 g/mol. The molecule has 130 valence electrons. The molecule has 0 aliphatic heterocycles. The first-order chi connectivity index (χ1) is 9.64. The number of carboxylic acid groups (broad SMARTS) is 2. The van der Waals surface area contributed by atoms with Crippen molar-refractivity contribution in [1.29, 1.82) is 0 Å². The third kappa shape index (κ3) is 18.2. The van der Waals surface area contributed by atoms with Crippen molar-refractivity contribution in [2.75, 3.05) is 0 Å². The fraction of sp³-hybridized carbons (Fsp3) is 0.786. The van der Waals surface area contributed by atoms with Gasteiger partial charge in [-0.25, -0.2) is 4.79 Å². The minimum atomic E-state index is -1.17. The zero-order chi connectivity index (χ0) is 18.1. The lowest BCUT2D eigenvalue weighted by molar-refractivity contribution is -0.139. The number of carbonyl (C=O) groups excluding carboxylic acids is 1. The van der Waals surface area contributed by atoms with E-state index in [0.717, 1.165) is 0 Å². The van der Waals surface area contributed by atoms with Crippen molar-refractivity contribution in [2.45, 2.75) is 71.6 Å². The highest BCUT2D eigenvalue weighted by Crippen LogP contribution is 2.13. The van der Waals surface area contributed by atoms with Gasteiger partial charge in [0.05, 0.1) is 0 Å². The molecule has 0 rings (SSSR count). The number of hydrogen-bond donors (Lipinski definition) is 3. The Kier molecular flexibility index (Phi) is 9.43. The summed E-state index contributed by atoms with van der Waals surface area (Å²) in [6.07, 6.45) is -0.840. The number of carbonyl (C=O) groups is 3. The van der Waals surface area contributed by atoms with Gasteiger partial charge in [-0.1, -0.05) is 0 Å². The van der Waals surface area contributed by atoms with Crippen molar-refractivity contribution < 1.29 is 34.1 Å². The number of rotatable bonds is 4. The van der Waals surface area contributed by atoms with Crippen molar-refractivity contribution in [3.63, 3.8) is 0 Å². The average Bonchev–Trinajstić information content (AvgIpc) is 2.20. The van der Waals surface area contributed by atoms with Crippen molar-refractivity contribution in [3.05, 3.63) is 0 Å². The van der Waals surface area contributed by atoms with Gasteiger partial charge >= 0.3 is 18.1 Å². The second-order valence-corrected chi connectivity index (χ2v) is 6.56. The van der Waals surface area contributed by atoms with E-state index in [0.29, 0.717) is 0 Å². The fourth-order valence-electron chi connectivity index (χ4n) is 0.923. The Morgan fingerprint density at radius 1 is 0.955 bits per heavy atom. The number of nitrogens with two attached hydrogens (primary N) is 1. The highest BCUT2D eigenvalue weighted by molar-refractivity contribution is 5.74. The van der Waals surface area contributed by atoms with Crippen LogP contribution in [0.15, 0.2) is 0 Å². The largest absolute Gasteiger partial charge is 0.509 e. The molecule has 0 aromatic rings. The van der Waals surface area contributed by atoms with Gasteiger partial charge in [0.25, 0.3) is 0 Å². The molecule has 8 nitrogen and oxygen atoms in total. The van der Waals surface area contributed by atoms with Crippen LogP contribution in [-0.4, -0.2) is 45.6 Å². The standard InChI is InChI=1S/C9H18O3.C5H9NO4/c1-8(2,3)11-7(10)12-9(4,5)6;6-3(5(9)10)1-2-4(7)8/h1-6H3;3H,1-2,6H2,(H,7,8)(H,9,10)/t;3-/m.0/s1. The summed E-state index contributed by atoms with van der Waals surface area (Å²) in [6, 6.07) is -1.06. The Morgan fingerprint density at radius 2 is 1.32 bits per heavy atom. The maximum Gasteiger partial charge on any atom is 0.509 e. The smallest absolute Gasteiger partial charge is 0.481 e. The molecule has 1 atom stereocenters. The summed E-state index contributed by atoms with van der Waals surface area (Å²) in [7, 11) is 0. The number of hydrogen-bond acceptors (Lipinski definition) is 6. The molecular formula is C14H27NO7. The van der Waals surface area contributed by atoms with Gasteiger partial charge < -0.3 is 25.4 Å². The van der Waals surface area contributed by atoms with E-state index in [1.54, 1.807) is 41.5 Å². The van der Waals surface area contributed by atoms with Crippen molar-refractivity contribution >= 4 is 18.1 Å². The van der Waals surface area contributed by atoms with E-state index in [-0.39, 0.29) is 12.8 Å². The molecule has 0 fully saturated rings. The topological polar surface area (TPSA) is 136 Å². The Hall–Kier alpha value is -1.83. The van der Waals surface area contributed by atoms with Gasteiger partial charge in [0.15, 0.2) is 0 Å². The van der Waals surface area contributed by atoms with Crippen LogP contribution in [0.2, 0.25) is 0 Å². The Bertz CT molecular complexity index is 362. The molecular weight excluding hydrogens is 294 g/mol. The van der Waals surface area contributed by atoms with Gasteiger partial charge in [-0.05, 0) is 48.0 Å². The summed E-state index contributed by atoms with van der Waals surface area (Å²) >= 11 is 0. The summed E-state index contributed by atoms with van der Waals surface area (Å²) in [5, 5.41) is 16.3. The van der Waals surface area contributed by atoms with Crippen LogP contribution in [0, 0.1) is 0 Å². The second-order valence-electron chi connectivity index (χ2n) is 6.56. The van der Waals surface area contributed by atoms with Crippen LogP contribution < -0.4 is 5.73 Å². The quantitative estimate of drug-likeness (QED) is 0.669. The fourth-order valence-corrected chi connectivity index (χ4v) is 0.923. The van der Waals surface area contributed by atoms with Gasteiger partial charge in [0.2, 0.25) is 0 Å². The molecule has 0 aromatic heterocycles. The SMILES string of the molecule is CC(C)(C)OC(=O)OC(C)(C)C.N[C@@H](CCC(=O)O)C(=O)O. The first kappa shape index (κ1) is 22.5. The molecule has 0 heterocycles. The normalized spacial score (nSPS) is 12.5. The van der Waals surface area contributed by atoms with Gasteiger partial charge in [-0.2, -0.15) is 0 Å². The zero-order valence-corrected chi connectivity index (χ0v) is 14.0. The number of carboxylic acids is 2. The maximum absolute atomic E-state index is 11.0. The highest BCUT2D eigenvalue weighted by atomic mass is 16.7. The first-order valence-electron chi connectivity index (χ1n) is 6.76. The Labute approximate surface area is 130 Å². The predicted molar refractivity (Wildman–Crippen MR) is 79.6 cm³/mol. The molecule has 0 amide bonds. The van der Waals surface area contributed by atoms with Crippen LogP contribution in [-0.2, 0) is 19.1 Å². The zero-order valence-electron chi connectivity index (χ0n) is 14.0. The predicted octanol–water partition coefficient (Wildman–Crippen LogP) is 2.00. The van der Waals surface area contributed by atoms with E-state index in [9.17, 15) is 14.4 Å². The van der Waals surface area contributed by atoms with Gasteiger partial charge in [-0.3, -0.25) is 9.59 Å². The first-order valence-corrected chi connectivity index (χ1v) is 6.76. The van der Waals surface area contributed by atoms with Crippen LogP contribution in [0.3, 0.4) is 0 Å². The van der Waals surface area contributed by atoms with E-state index in [2.05, 4.69) is 0 Å². The summed E-state index contributed by atoms with van der Waals surface area (Å²) in [6.45, 7) is 10.8. The molecule has 22 heavy (non-hydrogen) atoms. The van der Waals surface area contributed by atoms with Crippen LogP contribution in [0.25, 0.3) is 0 Å². The lowest BCUT2D eigenvalue weighted by Crippen LogP contribution is -2.30. The molecule has 4 N–H and O–H groups in total. The van der Waals surface area contributed by atoms with Gasteiger partial charge in [0.1, 0.15) is 17.2 Å². The van der Waals surface area contributed by atoms with E-state index < -0.39 is 35.3 Å². The van der Waals surface area contributed by atoms with Crippen molar-refractivity contribution in [2.24, 2.45) is 5.73 Å². The molecule has 0 aromatic carbocycles. The summed E-state index contributed by atoms with van der Waals surface area (Å²) < 4.78 is 9.91. The Morgan fingerprint density at radius 3 is 1.55 bits per heavy atom. The number of ether oxygens (including phenoxy) is 2. The molecule has 0 saturated heterocycles. The van der Waals surface area contributed by atoms with E-state index >= 15 is 0 Å². The summed E-state index contributed by atoms with van der Waals surface area (Å²) in [5.74, 6) is -2.20. The van der Waals surface area contributed by atoms with Gasteiger partial charge in [-0.15, -0.1) is 0 Å². The van der Waals surface area contributed by atoms with Crippen LogP contribution in [0.4, 0.5) is 4.79 Å². The van der Waals surface area contributed by atoms with Crippen molar-refractivity contribution in [3.8, 4) is 0 Å². The van der Waals surface area contributed by atoms with Crippen LogP contribution in [0.1, 0.15) is 54.4 Å². The summed E-state index contributed by atoms with van der Waals surface area (Å²) in [4.78, 5) is 30.9. The molecule has 0 bridgehead atoms. The van der Waals surface area contributed by atoms with Gasteiger partial charge in [0, 0.05) is 6.42 Å². The molecule has 0 unspecified atom stereocenters. The maximum atomic E-state index is 11.0. The van der Waals surface area contributed by atoms with Crippen LogP contribution in [0.5, 0.6) is 0 Å². The Balaban J connectivity index is 0. The lowest BCUT2D eigenvalue weighted by atomic mass is 10.2. The molecule has 0 aliphatic rings. The summed E-state index contributed by atoms with van der Waals surface area (Å²) in [5.41, 5.74) is 4.03. The van der Waals surface area contributed by atoms with Crippen LogP contribution >= 0.6 is 0 Å². The molecule has 0 saturated carbocycles.